The van der Waals surface area contributed by atoms with E-state index in [4.69, 9.17) is 23.2 Å². The van der Waals surface area contributed by atoms with E-state index in [1.165, 1.54) is 5.56 Å². The summed E-state index contributed by atoms with van der Waals surface area (Å²) in [5, 5.41) is 4.96. The fourth-order valence-corrected chi connectivity index (χ4v) is 2.83. The average Bonchev–Trinajstić information content (AvgIpc) is 2.44. The zero-order chi connectivity index (χ0) is 14.4. The Labute approximate surface area is 130 Å². The van der Waals surface area contributed by atoms with Crippen LogP contribution >= 0.6 is 23.2 Å². The van der Waals surface area contributed by atoms with Gasteiger partial charge in [-0.1, -0.05) is 36.2 Å². The number of pyridine rings is 1. The van der Waals surface area contributed by atoms with Crippen molar-refractivity contribution in [3.05, 3.63) is 63.9 Å². The topological polar surface area (TPSA) is 24.9 Å². The van der Waals surface area contributed by atoms with E-state index >= 15 is 0 Å². The predicted molar refractivity (Wildman–Crippen MR) is 85.6 cm³/mol. The first kappa shape index (κ1) is 15.3. The van der Waals surface area contributed by atoms with E-state index in [0.717, 1.165) is 35.0 Å². The van der Waals surface area contributed by atoms with Gasteiger partial charge in [-0.15, -0.1) is 0 Å². The van der Waals surface area contributed by atoms with Gasteiger partial charge < -0.3 is 5.32 Å². The number of benzene rings is 1. The quantitative estimate of drug-likeness (QED) is 0.867. The molecule has 20 heavy (non-hydrogen) atoms. The number of likely N-dealkylation sites (N-methyl/N-ethyl adjacent to an activating group) is 1. The van der Waals surface area contributed by atoms with Crippen LogP contribution in [-0.4, -0.2) is 17.6 Å². The molecule has 1 unspecified atom stereocenters. The molecule has 2 nitrogen and oxygen atoms in total. The molecule has 0 radical (unpaired) electrons. The van der Waals surface area contributed by atoms with Gasteiger partial charge in [0.2, 0.25) is 0 Å². The summed E-state index contributed by atoms with van der Waals surface area (Å²) in [5.41, 5.74) is 2.27. The molecule has 2 rings (SSSR count). The van der Waals surface area contributed by atoms with Crippen LogP contribution in [0, 0.1) is 0 Å². The van der Waals surface area contributed by atoms with Gasteiger partial charge in [-0.25, -0.2) is 0 Å². The molecule has 1 N–H and O–H groups in total. The predicted octanol–water partition coefficient (Wildman–Crippen LogP) is 4.15. The molecule has 0 saturated carbocycles. The molecule has 0 amide bonds. The molecule has 1 heterocycles. The van der Waals surface area contributed by atoms with E-state index < -0.39 is 0 Å². The minimum absolute atomic E-state index is 0.305. The molecule has 0 saturated heterocycles. The van der Waals surface area contributed by atoms with Crippen LogP contribution < -0.4 is 5.32 Å². The summed E-state index contributed by atoms with van der Waals surface area (Å²) < 4.78 is 0. The molecule has 2 aromatic rings. The number of hydrogen-bond acceptors (Lipinski definition) is 2. The zero-order valence-electron chi connectivity index (χ0n) is 11.4. The van der Waals surface area contributed by atoms with Crippen molar-refractivity contribution in [2.75, 3.05) is 6.54 Å². The Kier molecular flexibility index (Phi) is 5.84. The summed E-state index contributed by atoms with van der Waals surface area (Å²) >= 11 is 12.5. The molecule has 4 heteroatoms. The number of halogens is 2. The summed E-state index contributed by atoms with van der Waals surface area (Å²) in [7, 11) is 0. The highest BCUT2D eigenvalue weighted by molar-refractivity contribution is 6.36. The SMILES string of the molecule is CCNC(Cc1ccncc1)Cc1c(Cl)cccc1Cl. The van der Waals surface area contributed by atoms with Gasteiger partial charge in [-0.05, 0) is 54.8 Å². The van der Waals surface area contributed by atoms with Gasteiger partial charge >= 0.3 is 0 Å². The maximum Gasteiger partial charge on any atom is 0.0453 e. The Morgan fingerprint density at radius 3 is 2.30 bits per heavy atom. The third-order valence-electron chi connectivity index (χ3n) is 3.24. The number of nitrogens with one attached hydrogen (secondary N) is 1. The van der Waals surface area contributed by atoms with E-state index in [1.807, 2.05) is 42.7 Å². The van der Waals surface area contributed by atoms with Crippen LogP contribution in [0.5, 0.6) is 0 Å². The third kappa shape index (κ3) is 4.20. The molecular formula is C16H18Cl2N2. The van der Waals surface area contributed by atoms with E-state index in [-0.39, 0.29) is 0 Å². The van der Waals surface area contributed by atoms with Crippen LogP contribution in [0.1, 0.15) is 18.1 Å². The lowest BCUT2D eigenvalue weighted by Crippen LogP contribution is -2.33. The van der Waals surface area contributed by atoms with Crippen LogP contribution in [-0.2, 0) is 12.8 Å². The van der Waals surface area contributed by atoms with E-state index in [0.29, 0.717) is 6.04 Å². The Morgan fingerprint density at radius 2 is 1.70 bits per heavy atom. The number of hydrogen-bond donors (Lipinski definition) is 1. The Bertz CT molecular complexity index is 523. The second-order valence-electron chi connectivity index (χ2n) is 4.72. The highest BCUT2D eigenvalue weighted by atomic mass is 35.5. The van der Waals surface area contributed by atoms with Gasteiger partial charge in [0.25, 0.3) is 0 Å². The van der Waals surface area contributed by atoms with Crippen molar-refractivity contribution in [1.29, 1.82) is 0 Å². The van der Waals surface area contributed by atoms with Crippen molar-refractivity contribution in [3.63, 3.8) is 0 Å². The van der Waals surface area contributed by atoms with E-state index in [1.54, 1.807) is 0 Å². The zero-order valence-corrected chi connectivity index (χ0v) is 13.0. The maximum absolute atomic E-state index is 6.25. The van der Waals surface area contributed by atoms with Gasteiger partial charge in [0, 0.05) is 28.5 Å². The third-order valence-corrected chi connectivity index (χ3v) is 3.94. The molecule has 1 atom stereocenters. The fraction of sp³-hybridized carbons (Fsp3) is 0.312. The fourth-order valence-electron chi connectivity index (χ4n) is 2.28. The summed E-state index contributed by atoms with van der Waals surface area (Å²) in [6.45, 7) is 3.02. The molecule has 106 valence electrons. The molecule has 0 aliphatic carbocycles. The molecule has 0 aliphatic heterocycles. The Balaban J connectivity index is 2.13. The molecule has 1 aromatic heterocycles. The lowest BCUT2D eigenvalue weighted by molar-refractivity contribution is 0.521. The van der Waals surface area contributed by atoms with Crippen LogP contribution in [0.25, 0.3) is 0 Å². The molecular weight excluding hydrogens is 291 g/mol. The molecule has 0 aliphatic rings. The standard InChI is InChI=1S/C16H18Cl2N2/c1-2-20-13(10-12-6-8-19-9-7-12)11-14-15(17)4-3-5-16(14)18/h3-9,13,20H,2,10-11H2,1H3. The van der Waals surface area contributed by atoms with Crippen molar-refractivity contribution in [2.45, 2.75) is 25.8 Å². The molecule has 0 fully saturated rings. The van der Waals surface area contributed by atoms with Crippen molar-refractivity contribution in [1.82, 2.24) is 10.3 Å². The second kappa shape index (κ2) is 7.63. The van der Waals surface area contributed by atoms with Crippen molar-refractivity contribution in [3.8, 4) is 0 Å². The monoisotopic (exact) mass is 308 g/mol. The first-order valence-electron chi connectivity index (χ1n) is 6.76. The first-order chi connectivity index (χ1) is 9.70. The van der Waals surface area contributed by atoms with Gasteiger partial charge in [-0.2, -0.15) is 0 Å². The van der Waals surface area contributed by atoms with Crippen molar-refractivity contribution in [2.24, 2.45) is 0 Å². The lowest BCUT2D eigenvalue weighted by atomic mass is 9.99. The summed E-state index contributed by atoms with van der Waals surface area (Å²) in [5.74, 6) is 0. The van der Waals surface area contributed by atoms with Gasteiger partial charge in [0.05, 0.1) is 0 Å². The van der Waals surface area contributed by atoms with Crippen LogP contribution in [0.15, 0.2) is 42.7 Å². The molecule has 1 aromatic carbocycles. The highest BCUT2D eigenvalue weighted by Crippen LogP contribution is 2.26. The van der Waals surface area contributed by atoms with Gasteiger partial charge in [0.1, 0.15) is 0 Å². The van der Waals surface area contributed by atoms with Crippen molar-refractivity contribution >= 4 is 23.2 Å². The van der Waals surface area contributed by atoms with Gasteiger partial charge in [-0.3, -0.25) is 4.98 Å². The minimum Gasteiger partial charge on any atom is -0.314 e. The van der Waals surface area contributed by atoms with E-state index in [2.05, 4.69) is 17.2 Å². The average molecular weight is 309 g/mol. The van der Waals surface area contributed by atoms with Crippen LogP contribution in [0.3, 0.4) is 0 Å². The number of rotatable bonds is 6. The maximum atomic E-state index is 6.25. The summed E-state index contributed by atoms with van der Waals surface area (Å²) in [6, 6.07) is 10.0. The van der Waals surface area contributed by atoms with Crippen molar-refractivity contribution < 1.29 is 0 Å². The Hall–Kier alpha value is -1.09. The molecule has 0 bridgehead atoms. The van der Waals surface area contributed by atoms with Crippen LogP contribution in [0.4, 0.5) is 0 Å². The second-order valence-corrected chi connectivity index (χ2v) is 5.53. The lowest BCUT2D eigenvalue weighted by Gasteiger charge is -2.19. The van der Waals surface area contributed by atoms with E-state index in [9.17, 15) is 0 Å². The minimum atomic E-state index is 0.305. The normalized spacial score (nSPS) is 12.3. The summed E-state index contributed by atoms with van der Waals surface area (Å²) in [4.78, 5) is 4.05. The number of aromatic nitrogens is 1. The largest absolute Gasteiger partial charge is 0.314 e. The molecule has 0 spiro atoms. The highest BCUT2D eigenvalue weighted by Gasteiger charge is 2.14. The Morgan fingerprint density at radius 1 is 1.05 bits per heavy atom. The van der Waals surface area contributed by atoms with Crippen LogP contribution in [0.2, 0.25) is 10.0 Å². The first-order valence-corrected chi connectivity index (χ1v) is 7.51. The number of nitrogens with zero attached hydrogens (tertiary/aromatic N) is 1. The smallest absolute Gasteiger partial charge is 0.0453 e. The summed E-state index contributed by atoms with van der Waals surface area (Å²) in [6.07, 6.45) is 5.38. The van der Waals surface area contributed by atoms with Gasteiger partial charge in [0.15, 0.2) is 0 Å².